The first-order valence-corrected chi connectivity index (χ1v) is 17.4. The Labute approximate surface area is 275 Å². The Morgan fingerprint density at radius 1 is 0.766 bits per heavy atom. The summed E-state index contributed by atoms with van der Waals surface area (Å²) >= 11 is 0. The average molecular weight is 637 g/mol. The van der Waals surface area contributed by atoms with E-state index < -0.39 is 0 Å². The lowest BCUT2D eigenvalue weighted by Gasteiger charge is -2.38. The number of anilines is 3. The van der Waals surface area contributed by atoms with Crippen molar-refractivity contribution >= 4 is 34.6 Å². The molecule has 7 heterocycles. The largest absolute Gasteiger partial charge is 0.372 e. The molecule has 0 aliphatic carbocycles. The van der Waals surface area contributed by atoms with Crippen molar-refractivity contribution < 1.29 is 9.59 Å². The zero-order chi connectivity index (χ0) is 31.7. The highest BCUT2D eigenvalue weighted by atomic mass is 16.2. The fourth-order valence-electron chi connectivity index (χ4n) is 7.82. The minimum absolute atomic E-state index is 0.207. The van der Waals surface area contributed by atoms with Gasteiger partial charge in [-0.15, -0.1) is 0 Å². The summed E-state index contributed by atoms with van der Waals surface area (Å²) in [5.74, 6) is 1.54. The molecule has 0 spiro atoms. The Morgan fingerprint density at radius 2 is 1.53 bits per heavy atom. The summed E-state index contributed by atoms with van der Waals surface area (Å²) in [6.45, 7) is 8.00. The number of hydrogen-bond donors (Lipinski definition) is 1. The van der Waals surface area contributed by atoms with Crippen molar-refractivity contribution in [2.45, 2.75) is 57.4 Å². The number of rotatable bonds is 7. The summed E-state index contributed by atoms with van der Waals surface area (Å²) in [4.78, 5) is 38.0. The molecule has 4 fully saturated rings. The van der Waals surface area contributed by atoms with Gasteiger partial charge in [0, 0.05) is 81.9 Å². The van der Waals surface area contributed by atoms with Crippen molar-refractivity contribution in [1.29, 1.82) is 0 Å². The van der Waals surface area contributed by atoms with Crippen LogP contribution in [0, 0.1) is 5.92 Å². The standard InChI is InChI=1S/C35H44N10O2/c46-33-13-21-43(35(47)39-33)29-6-4-28(5-7-29)41-19-9-26(10-20-41)23-40-17-11-30(12-18-40)44-24-27(22-37-44)31-25-45-32(8-14-36-45)34(38-31)42-15-2-1-3-16-42/h4-8,14,22,24-26,30H,1-3,9-13,15-21,23H2,(H,39,46,47). The fourth-order valence-corrected chi connectivity index (χ4v) is 7.82. The number of nitrogens with zero attached hydrogens (tertiary/aromatic N) is 9. The predicted molar refractivity (Wildman–Crippen MR) is 182 cm³/mol. The third-order valence-corrected chi connectivity index (χ3v) is 10.6. The van der Waals surface area contributed by atoms with Crippen LogP contribution in [-0.4, -0.2) is 93.6 Å². The zero-order valence-electron chi connectivity index (χ0n) is 27.0. The number of aromatic nitrogens is 5. The molecule has 0 saturated carbocycles. The Balaban J connectivity index is 0.828. The van der Waals surface area contributed by atoms with E-state index in [2.05, 4.69) is 54.2 Å². The van der Waals surface area contributed by atoms with E-state index in [1.807, 2.05) is 35.2 Å². The van der Waals surface area contributed by atoms with Crippen molar-refractivity contribution in [2.24, 2.45) is 5.92 Å². The highest BCUT2D eigenvalue weighted by molar-refractivity contribution is 6.05. The van der Waals surface area contributed by atoms with Crippen molar-refractivity contribution in [3.8, 4) is 11.3 Å². The molecule has 8 rings (SSSR count). The van der Waals surface area contributed by atoms with Crippen LogP contribution in [0.5, 0.6) is 0 Å². The number of carbonyl (C=O) groups excluding carboxylic acids is 2. The molecule has 4 aliphatic heterocycles. The molecule has 246 valence electrons. The molecule has 1 N–H and O–H groups in total. The predicted octanol–water partition coefficient (Wildman–Crippen LogP) is 4.58. The van der Waals surface area contributed by atoms with Crippen LogP contribution >= 0.6 is 0 Å². The molecule has 12 heteroatoms. The van der Waals surface area contributed by atoms with Gasteiger partial charge in [-0.3, -0.25) is 19.7 Å². The molecule has 1 aromatic carbocycles. The van der Waals surface area contributed by atoms with Gasteiger partial charge in [-0.25, -0.2) is 14.3 Å². The van der Waals surface area contributed by atoms with Gasteiger partial charge in [-0.1, -0.05) is 0 Å². The van der Waals surface area contributed by atoms with E-state index in [4.69, 9.17) is 10.1 Å². The number of hydrogen-bond acceptors (Lipinski definition) is 8. The van der Waals surface area contributed by atoms with Gasteiger partial charge >= 0.3 is 6.03 Å². The van der Waals surface area contributed by atoms with Gasteiger partial charge in [0.25, 0.3) is 0 Å². The second-order valence-electron chi connectivity index (χ2n) is 13.6. The highest BCUT2D eigenvalue weighted by Gasteiger charge is 2.28. The van der Waals surface area contributed by atoms with E-state index in [1.165, 1.54) is 44.3 Å². The Bertz CT molecular complexity index is 1710. The fraction of sp³-hybridized carbons (Fsp3) is 0.514. The third-order valence-electron chi connectivity index (χ3n) is 10.6. The van der Waals surface area contributed by atoms with Gasteiger partial charge in [0.15, 0.2) is 5.82 Å². The summed E-state index contributed by atoms with van der Waals surface area (Å²) in [5, 5.41) is 11.8. The number of urea groups is 1. The maximum Gasteiger partial charge on any atom is 0.328 e. The molecule has 47 heavy (non-hydrogen) atoms. The molecule has 4 saturated heterocycles. The van der Waals surface area contributed by atoms with Crippen LogP contribution < -0.4 is 20.0 Å². The van der Waals surface area contributed by atoms with Gasteiger partial charge in [0.1, 0.15) is 5.52 Å². The first kappa shape index (κ1) is 29.9. The minimum atomic E-state index is -0.337. The Kier molecular flexibility index (Phi) is 8.26. The number of amides is 3. The molecule has 3 amide bonds. The van der Waals surface area contributed by atoms with Crippen LogP contribution in [0.3, 0.4) is 0 Å². The van der Waals surface area contributed by atoms with E-state index in [1.54, 1.807) is 4.90 Å². The van der Waals surface area contributed by atoms with Gasteiger partial charge in [0.05, 0.1) is 30.3 Å². The van der Waals surface area contributed by atoms with Crippen LogP contribution in [-0.2, 0) is 4.79 Å². The smallest absolute Gasteiger partial charge is 0.328 e. The molecule has 0 atom stereocenters. The van der Waals surface area contributed by atoms with Crippen molar-refractivity contribution in [1.82, 2.24) is 34.6 Å². The molecule has 12 nitrogen and oxygen atoms in total. The second-order valence-corrected chi connectivity index (χ2v) is 13.6. The van der Waals surface area contributed by atoms with E-state index in [0.29, 0.717) is 24.9 Å². The molecule has 4 aromatic rings. The van der Waals surface area contributed by atoms with Crippen molar-refractivity contribution in [3.05, 3.63) is 55.1 Å². The maximum atomic E-state index is 12.2. The topological polar surface area (TPSA) is 107 Å². The summed E-state index contributed by atoms with van der Waals surface area (Å²) in [6, 6.07) is 10.3. The first-order chi connectivity index (χ1) is 23.1. The van der Waals surface area contributed by atoms with Gasteiger partial charge < -0.3 is 14.7 Å². The number of nitrogens with one attached hydrogen (secondary N) is 1. The van der Waals surface area contributed by atoms with Crippen LogP contribution in [0.4, 0.5) is 22.0 Å². The lowest BCUT2D eigenvalue weighted by atomic mass is 9.94. The Morgan fingerprint density at radius 3 is 2.30 bits per heavy atom. The van der Waals surface area contributed by atoms with E-state index in [-0.39, 0.29) is 11.9 Å². The number of imide groups is 1. The van der Waals surface area contributed by atoms with Gasteiger partial charge in [-0.05, 0) is 81.2 Å². The zero-order valence-corrected chi connectivity index (χ0v) is 27.0. The first-order valence-electron chi connectivity index (χ1n) is 17.4. The third kappa shape index (κ3) is 6.30. The van der Waals surface area contributed by atoms with E-state index in [0.717, 1.165) is 80.4 Å². The van der Waals surface area contributed by atoms with Crippen LogP contribution in [0.2, 0.25) is 0 Å². The molecule has 0 unspecified atom stereocenters. The number of benzene rings is 1. The van der Waals surface area contributed by atoms with Crippen LogP contribution in [0.25, 0.3) is 16.8 Å². The number of carbonyl (C=O) groups is 2. The summed E-state index contributed by atoms with van der Waals surface area (Å²) in [5.41, 5.74) is 5.08. The molecule has 0 bridgehead atoms. The van der Waals surface area contributed by atoms with Crippen molar-refractivity contribution in [3.63, 3.8) is 0 Å². The molecule has 0 radical (unpaired) electrons. The van der Waals surface area contributed by atoms with Gasteiger partial charge in [0.2, 0.25) is 5.91 Å². The van der Waals surface area contributed by atoms with Crippen LogP contribution in [0.15, 0.2) is 55.1 Å². The quantitative estimate of drug-likeness (QED) is 0.314. The summed E-state index contributed by atoms with van der Waals surface area (Å²) in [7, 11) is 0. The SMILES string of the molecule is O=C1CCN(c2ccc(N3CCC(CN4CCC(n5cc(-c6cn7nccc7c(N7CCCCC7)n6)cn5)CC4)CC3)cc2)C(=O)N1. The normalized spacial score (nSPS) is 20.7. The lowest BCUT2D eigenvalue weighted by molar-refractivity contribution is -0.120. The summed E-state index contributed by atoms with van der Waals surface area (Å²) in [6.07, 6.45) is 16.7. The number of fused-ring (bicyclic) bond motifs is 1. The summed E-state index contributed by atoms with van der Waals surface area (Å²) < 4.78 is 4.13. The minimum Gasteiger partial charge on any atom is -0.372 e. The number of likely N-dealkylation sites (tertiary alicyclic amines) is 1. The number of piperidine rings is 3. The Hall–Kier alpha value is -4.45. The van der Waals surface area contributed by atoms with E-state index >= 15 is 0 Å². The van der Waals surface area contributed by atoms with Crippen molar-refractivity contribution in [2.75, 3.05) is 67.1 Å². The molecule has 4 aliphatic rings. The lowest BCUT2D eigenvalue weighted by Crippen LogP contribution is -2.49. The van der Waals surface area contributed by atoms with Gasteiger partial charge in [-0.2, -0.15) is 10.2 Å². The molecular weight excluding hydrogens is 592 g/mol. The monoisotopic (exact) mass is 636 g/mol. The van der Waals surface area contributed by atoms with Crippen LogP contribution in [0.1, 0.15) is 57.4 Å². The average Bonchev–Trinajstić information content (AvgIpc) is 3.80. The van der Waals surface area contributed by atoms with E-state index in [9.17, 15) is 9.59 Å². The molecular formula is C35H44N10O2. The second kappa shape index (κ2) is 13.0. The maximum absolute atomic E-state index is 12.2. The molecule has 3 aromatic heterocycles. The highest BCUT2D eigenvalue weighted by Crippen LogP contribution is 2.31.